The first-order valence-corrected chi connectivity index (χ1v) is 7.50. The van der Waals surface area contributed by atoms with Crippen molar-refractivity contribution in [2.45, 2.75) is 38.6 Å². The zero-order valence-electron chi connectivity index (χ0n) is 13.3. The molecule has 3 heterocycles. The summed E-state index contributed by atoms with van der Waals surface area (Å²) in [5.41, 5.74) is -0.966. The summed E-state index contributed by atoms with van der Waals surface area (Å²) in [6.07, 6.45) is 0.721. The molecule has 0 aliphatic carbocycles. The average Bonchev–Trinajstić information content (AvgIpc) is 3.14. The summed E-state index contributed by atoms with van der Waals surface area (Å²) in [4.78, 5) is 43.1. The maximum atomic E-state index is 12.4. The van der Waals surface area contributed by atoms with Crippen LogP contribution in [-0.4, -0.2) is 63.0 Å². The molecule has 9 heteroatoms. The molecule has 2 aliphatic heterocycles. The lowest BCUT2D eigenvalue weighted by Crippen LogP contribution is -2.44. The van der Waals surface area contributed by atoms with E-state index >= 15 is 0 Å². The van der Waals surface area contributed by atoms with Crippen LogP contribution < -0.4 is 5.32 Å². The number of aromatic nitrogens is 2. The Hall–Kier alpha value is -2.45. The smallest absolute Gasteiger partial charge is 0.325 e. The van der Waals surface area contributed by atoms with Gasteiger partial charge in [-0.15, -0.1) is 0 Å². The van der Waals surface area contributed by atoms with Crippen LogP contribution in [0.3, 0.4) is 0 Å². The van der Waals surface area contributed by atoms with Gasteiger partial charge in [0.15, 0.2) is 5.82 Å². The molecule has 4 amide bonds. The molecule has 1 aromatic heterocycles. The Bertz CT molecular complexity index is 668. The van der Waals surface area contributed by atoms with E-state index in [0.717, 1.165) is 11.3 Å². The molecule has 3 rings (SSSR count). The van der Waals surface area contributed by atoms with Crippen LogP contribution in [0.15, 0.2) is 4.52 Å². The summed E-state index contributed by atoms with van der Waals surface area (Å²) < 4.78 is 5.14. The van der Waals surface area contributed by atoms with Crippen LogP contribution >= 0.6 is 0 Å². The summed E-state index contributed by atoms with van der Waals surface area (Å²) in [6.45, 7) is 5.71. The third-order valence-electron chi connectivity index (χ3n) is 4.17. The molecule has 124 valence electrons. The van der Waals surface area contributed by atoms with Gasteiger partial charge in [0.2, 0.25) is 11.8 Å². The number of hydrogen-bond acceptors (Lipinski definition) is 6. The summed E-state index contributed by atoms with van der Waals surface area (Å²) >= 11 is 0. The van der Waals surface area contributed by atoms with E-state index in [1.807, 2.05) is 0 Å². The number of aryl methyl sites for hydroxylation is 1. The van der Waals surface area contributed by atoms with Gasteiger partial charge in [-0.2, -0.15) is 4.98 Å². The molecule has 1 unspecified atom stereocenters. The van der Waals surface area contributed by atoms with Gasteiger partial charge in [0.25, 0.3) is 5.91 Å². The number of imide groups is 1. The number of rotatable bonds is 3. The van der Waals surface area contributed by atoms with E-state index in [9.17, 15) is 14.4 Å². The van der Waals surface area contributed by atoms with Crippen LogP contribution in [0.2, 0.25) is 0 Å². The van der Waals surface area contributed by atoms with Crippen molar-refractivity contribution >= 4 is 17.8 Å². The predicted molar refractivity (Wildman–Crippen MR) is 77.3 cm³/mol. The van der Waals surface area contributed by atoms with Gasteiger partial charge in [-0.05, 0) is 27.2 Å². The number of nitrogens with one attached hydrogen (secondary N) is 1. The molecule has 2 fully saturated rings. The monoisotopic (exact) mass is 321 g/mol. The number of carbonyl (C=O) groups excluding carboxylic acids is 3. The van der Waals surface area contributed by atoms with Gasteiger partial charge < -0.3 is 14.7 Å². The van der Waals surface area contributed by atoms with Gasteiger partial charge in [0, 0.05) is 13.1 Å². The molecule has 0 aromatic carbocycles. The highest BCUT2D eigenvalue weighted by Crippen LogP contribution is 2.26. The van der Waals surface area contributed by atoms with Crippen LogP contribution in [-0.2, 0) is 9.59 Å². The molecule has 2 aliphatic rings. The van der Waals surface area contributed by atoms with Crippen molar-refractivity contribution in [3.05, 3.63) is 11.7 Å². The fraction of sp³-hybridized carbons (Fsp3) is 0.643. The van der Waals surface area contributed by atoms with Gasteiger partial charge in [-0.25, -0.2) is 4.79 Å². The number of likely N-dealkylation sites (tertiary alicyclic amines) is 1. The van der Waals surface area contributed by atoms with E-state index in [2.05, 4.69) is 15.5 Å². The van der Waals surface area contributed by atoms with Crippen molar-refractivity contribution in [2.24, 2.45) is 0 Å². The average molecular weight is 321 g/mol. The second kappa shape index (κ2) is 5.32. The number of urea groups is 1. The van der Waals surface area contributed by atoms with E-state index in [1.54, 1.807) is 25.7 Å². The molecular weight excluding hydrogens is 302 g/mol. The molecular formula is C14H19N5O4. The number of amides is 4. The molecule has 0 spiro atoms. The Balaban J connectivity index is 1.62. The zero-order chi connectivity index (χ0) is 16.8. The van der Waals surface area contributed by atoms with Crippen LogP contribution in [0.25, 0.3) is 0 Å². The van der Waals surface area contributed by atoms with E-state index in [1.165, 1.54) is 0 Å². The van der Waals surface area contributed by atoms with Crippen LogP contribution in [0.1, 0.15) is 37.9 Å². The fourth-order valence-corrected chi connectivity index (χ4v) is 2.86. The minimum atomic E-state index is -0.966. The molecule has 0 saturated carbocycles. The standard InChI is InChI=1S/C14H19N5O4/c1-8-15-11(23-17-8)9-4-5-18(6-9)10(20)7-19-12(21)14(2,3)16-13(19)22/h9H,4-7H2,1-3H3,(H,16,22). The summed E-state index contributed by atoms with van der Waals surface area (Å²) in [5, 5.41) is 6.31. The summed E-state index contributed by atoms with van der Waals surface area (Å²) in [7, 11) is 0. The van der Waals surface area contributed by atoms with Crippen molar-refractivity contribution in [1.29, 1.82) is 0 Å². The molecule has 1 atom stereocenters. The van der Waals surface area contributed by atoms with Gasteiger partial charge in [0.1, 0.15) is 12.1 Å². The van der Waals surface area contributed by atoms with Crippen LogP contribution in [0.4, 0.5) is 4.79 Å². The van der Waals surface area contributed by atoms with Gasteiger partial charge >= 0.3 is 6.03 Å². The lowest BCUT2D eigenvalue weighted by Gasteiger charge is -2.20. The third-order valence-corrected chi connectivity index (χ3v) is 4.17. The van der Waals surface area contributed by atoms with Gasteiger partial charge in [-0.1, -0.05) is 5.16 Å². The quantitative estimate of drug-likeness (QED) is 0.786. The maximum absolute atomic E-state index is 12.4. The number of hydrogen-bond donors (Lipinski definition) is 1. The second-order valence-corrected chi connectivity index (χ2v) is 6.45. The largest absolute Gasteiger partial charge is 0.340 e. The Labute approximate surface area is 133 Å². The van der Waals surface area contributed by atoms with Crippen molar-refractivity contribution in [2.75, 3.05) is 19.6 Å². The van der Waals surface area contributed by atoms with Crippen molar-refractivity contribution in [3.63, 3.8) is 0 Å². The zero-order valence-corrected chi connectivity index (χ0v) is 13.3. The second-order valence-electron chi connectivity index (χ2n) is 6.45. The molecule has 23 heavy (non-hydrogen) atoms. The first kappa shape index (κ1) is 15.4. The Kier molecular flexibility index (Phi) is 3.57. The van der Waals surface area contributed by atoms with Crippen molar-refractivity contribution < 1.29 is 18.9 Å². The third kappa shape index (κ3) is 2.78. The molecule has 0 radical (unpaired) electrons. The van der Waals surface area contributed by atoms with Gasteiger partial charge in [0.05, 0.1) is 5.92 Å². The van der Waals surface area contributed by atoms with E-state index < -0.39 is 11.6 Å². The normalized spacial score (nSPS) is 23.5. The molecule has 0 bridgehead atoms. The Morgan fingerprint density at radius 1 is 1.43 bits per heavy atom. The van der Waals surface area contributed by atoms with E-state index in [-0.39, 0.29) is 24.3 Å². The molecule has 2 saturated heterocycles. The first-order valence-electron chi connectivity index (χ1n) is 7.50. The van der Waals surface area contributed by atoms with Crippen molar-refractivity contribution in [3.8, 4) is 0 Å². The highest BCUT2D eigenvalue weighted by atomic mass is 16.5. The Morgan fingerprint density at radius 3 is 2.74 bits per heavy atom. The Morgan fingerprint density at radius 2 is 2.17 bits per heavy atom. The van der Waals surface area contributed by atoms with E-state index in [0.29, 0.717) is 24.8 Å². The first-order chi connectivity index (χ1) is 10.8. The minimum Gasteiger partial charge on any atom is -0.340 e. The SMILES string of the molecule is Cc1noc(C2CCN(C(=O)CN3C(=O)NC(C)(C)C3=O)C2)n1. The highest BCUT2D eigenvalue weighted by molar-refractivity contribution is 6.08. The van der Waals surface area contributed by atoms with Crippen LogP contribution in [0.5, 0.6) is 0 Å². The van der Waals surface area contributed by atoms with Crippen LogP contribution in [0, 0.1) is 6.92 Å². The minimum absolute atomic E-state index is 0.000280. The number of nitrogens with zero attached hydrogens (tertiary/aromatic N) is 4. The summed E-state index contributed by atoms with van der Waals surface area (Å²) in [5.74, 6) is 0.434. The molecule has 1 aromatic rings. The predicted octanol–water partition coefficient (Wildman–Crippen LogP) is 0.0243. The lowest BCUT2D eigenvalue weighted by atomic mass is 10.1. The fourth-order valence-electron chi connectivity index (χ4n) is 2.86. The van der Waals surface area contributed by atoms with E-state index in [4.69, 9.17) is 4.52 Å². The number of carbonyl (C=O) groups is 3. The topological polar surface area (TPSA) is 109 Å². The lowest BCUT2D eigenvalue weighted by molar-refractivity contribution is -0.137. The molecule has 1 N–H and O–H groups in total. The highest BCUT2D eigenvalue weighted by Gasteiger charge is 2.45. The van der Waals surface area contributed by atoms with Crippen molar-refractivity contribution in [1.82, 2.24) is 25.3 Å². The van der Waals surface area contributed by atoms with Gasteiger partial charge in [-0.3, -0.25) is 14.5 Å². The summed E-state index contributed by atoms with van der Waals surface area (Å²) in [6, 6.07) is -0.531. The molecule has 9 nitrogen and oxygen atoms in total. The maximum Gasteiger partial charge on any atom is 0.325 e.